The summed E-state index contributed by atoms with van der Waals surface area (Å²) in [5.41, 5.74) is 10.9. The van der Waals surface area contributed by atoms with Gasteiger partial charge in [0.1, 0.15) is 5.75 Å². The number of nitrogens with zero attached hydrogens (tertiary/aromatic N) is 1. The molecule has 1 heterocycles. The Morgan fingerprint density at radius 3 is 2.48 bits per heavy atom. The molecule has 2 aromatic carbocycles. The Morgan fingerprint density at radius 2 is 1.78 bits per heavy atom. The summed E-state index contributed by atoms with van der Waals surface area (Å²) in [5.74, 6) is 0.832. The molecule has 0 bridgehead atoms. The number of hydrogen-bond acceptors (Lipinski definition) is 5. The third-order valence-corrected chi connectivity index (χ3v) is 3.37. The lowest BCUT2D eigenvalue weighted by atomic mass is 9.99. The van der Waals surface area contributed by atoms with Gasteiger partial charge in [0.25, 0.3) is 0 Å². The van der Waals surface area contributed by atoms with Gasteiger partial charge in [-0.3, -0.25) is 4.98 Å². The minimum Gasteiger partial charge on any atom is -0.497 e. The van der Waals surface area contributed by atoms with Gasteiger partial charge in [0, 0.05) is 16.8 Å². The standard InChI is InChI=1S/C17H16N2O.CO2/c1-11-9-15(18)17-14(7-4-8-16(17)19-11)12-5-3-6-13(10-12)20-2;2-1-3/h3-10H,1-2H3,(H2,18,19);. The minimum atomic E-state index is 0.250. The summed E-state index contributed by atoms with van der Waals surface area (Å²) in [5, 5.41) is 0.992. The predicted molar refractivity (Wildman–Crippen MR) is 87.9 cm³/mol. The first-order valence-electron chi connectivity index (χ1n) is 6.90. The molecule has 0 aliphatic heterocycles. The monoisotopic (exact) mass is 308 g/mol. The molecule has 0 saturated carbocycles. The molecule has 0 fully saturated rings. The second-order valence-corrected chi connectivity index (χ2v) is 4.87. The zero-order valence-corrected chi connectivity index (χ0v) is 12.9. The molecule has 0 aliphatic rings. The van der Waals surface area contributed by atoms with Gasteiger partial charge in [0.2, 0.25) is 0 Å². The first-order chi connectivity index (χ1) is 11.1. The first-order valence-corrected chi connectivity index (χ1v) is 6.90. The van der Waals surface area contributed by atoms with Crippen molar-refractivity contribution in [3.8, 4) is 16.9 Å². The fourth-order valence-electron chi connectivity index (χ4n) is 2.49. The number of benzene rings is 2. The van der Waals surface area contributed by atoms with Crippen LogP contribution < -0.4 is 10.5 Å². The van der Waals surface area contributed by atoms with E-state index in [4.69, 9.17) is 20.1 Å². The van der Waals surface area contributed by atoms with E-state index >= 15 is 0 Å². The van der Waals surface area contributed by atoms with Crippen molar-refractivity contribution >= 4 is 22.7 Å². The first kappa shape index (κ1) is 16.2. The molecule has 0 saturated heterocycles. The summed E-state index contributed by atoms with van der Waals surface area (Å²) < 4.78 is 5.29. The van der Waals surface area contributed by atoms with Crippen LogP contribution in [-0.4, -0.2) is 18.2 Å². The highest BCUT2D eigenvalue weighted by atomic mass is 16.5. The normalized spacial score (nSPS) is 9.65. The highest BCUT2D eigenvalue weighted by Crippen LogP contribution is 2.33. The lowest BCUT2D eigenvalue weighted by Gasteiger charge is -2.11. The zero-order chi connectivity index (χ0) is 16.8. The maximum absolute atomic E-state index is 8.12. The van der Waals surface area contributed by atoms with Crippen LogP contribution in [0.5, 0.6) is 5.75 Å². The van der Waals surface area contributed by atoms with Gasteiger partial charge in [-0.15, -0.1) is 0 Å². The van der Waals surface area contributed by atoms with Crippen molar-refractivity contribution in [3.05, 3.63) is 54.2 Å². The number of nitrogens with two attached hydrogens (primary N) is 1. The lowest BCUT2D eigenvalue weighted by molar-refractivity contribution is -0.191. The van der Waals surface area contributed by atoms with Gasteiger partial charge in [-0.2, -0.15) is 9.59 Å². The SMILES string of the molecule is COc1cccc(-c2cccc3nc(C)cc(N)c23)c1.O=C=O. The Morgan fingerprint density at radius 1 is 1.09 bits per heavy atom. The number of carbonyl (C=O) groups excluding carboxylic acids is 2. The average molecular weight is 308 g/mol. The number of anilines is 1. The van der Waals surface area contributed by atoms with Gasteiger partial charge in [-0.05, 0) is 42.3 Å². The second kappa shape index (κ2) is 7.20. The van der Waals surface area contributed by atoms with Crippen molar-refractivity contribution in [2.24, 2.45) is 0 Å². The van der Waals surface area contributed by atoms with E-state index < -0.39 is 0 Å². The largest absolute Gasteiger partial charge is 0.497 e. The van der Waals surface area contributed by atoms with Crippen LogP contribution in [0.25, 0.3) is 22.0 Å². The predicted octanol–water partition coefficient (Wildman–Crippen LogP) is 3.22. The topological polar surface area (TPSA) is 82.3 Å². The summed E-state index contributed by atoms with van der Waals surface area (Å²) in [4.78, 5) is 20.8. The Bertz CT molecular complexity index is 869. The Kier molecular flexibility index (Phi) is 5.07. The molecule has 5 heteroatoms. The van der Waals surface area contributed by atoms with Crippen LogP contribution in [0.2, 0.25) is 0 Å². The van der Waals surface area contributed by atoms with Crippen LogP contribution in [0.1, 0.15) is 5.69 Å². The molecule has 116 valence electrons. The molecule has 0 radical (unpaired) electrons. The molecule has 2 N–H and O–H groups in total. The van der Waals surface area contributed by atoms with E-state index in [1.807, 2.05) is 43.3 Å². The summed E-state index contributed by atoms with van der Waals surface area (Å²) in [6.45, 7) is 1.95. The molecule has 23 heavy (non-hydrogen) atoms. The molecule has 3 aromatic rings. The summed E-state index contributed by atoms with van der Waals surface area (Å²) in [6.07, 6.45) is 0.250. The van der Waals surface area contributed by atoms with Crippen molar-refractivity contribution in [2.45, 2.75) is 6.92 Å². The van der Waals surface area contributed by atoms with Crippen molar-refractivity contribution in [3.63, 3.8) is 0 Å². The highest BCUT2D eigenvalue weighted by Gasteiger charge is 2.09. The number of ether oxygens (including phenoxy) is 1. The van der Waals surface area contributed by atoms with Gasteiger partial charge in [0.05, 0.1) is 12.6 Å². The Labute approximate surface area is 133 Å². The highest BCUT2D eigenvalue weighted by molar-refractivity contribution is 6.02. The summed E-state index contributed by atoms with van der Waals surface area (Å²) >= 11 is 0. The maximum Gasteiger partial charge on any atom is 0.373 e. The molecule has 5 nitrogen and oxygen atoms in total. The van der Waals surface area contributed by atoms with E-state index in [-0.39, 0.29) is 6.15 Å². The van der Waals surface area contributed by atoms with Gasteiger partial charge in [0.15, 0.2) is 0 Å². The van der Waals surface area contributed by atoms with Crippen LogP contribution in [-0.2, 0) is 9.59 Å². The number of aromatic nitrogens is 1. The van der Waals surface area contributed by atoms with Crippen LogP contribution in [0.3, 0.4) is 0 Å². The molecule has 0 aliphatic carbocycles. The van der Waals surface area contributed by atoms with Gasteiger partial charge < -0.3 is 10.5 Å². The van der Waals surface area contributed by atoms with E-state index in [0.29, 0.717) is 0 Å². The average Bonchev–Trinajstić information content (AvgIpc) is 2.55. The number of fused-ring (bicyclic) bond motifs is 1. The van der Waals surface area contributed by atoms with E-state index in [1.54, 1.807) is 7.11 Å². The quantitative estimate of drug-likeness (QED) is 0.786. The number of aryl methyl sites for hydroxylation is 1. The molecule has 3 rings (SSSR count). The molecular formula is C18H16N2O3. The van der Waals surface area contributed by atoms with Gasteiger partial charge in [-0.25, -0.2) is 0 Å². The zero-order valence-electron chi connectivity index (χ0n) is 12.9. The Balaban J connectivity index is 0.000000595. The molecule has 0 atom stereocenters. The minimum absolute atomic E-state index is 0.250. The number of hydrogen-bond donors (Lipinski definition) is 1. The molecular weight excluding hydrogens is 292 g/mol. The molecule has 0 unspecified atom stereocenters. The Hall–Kier alpha value is -3.17. The smallest absolute Gasteiger partial charge is 0.373 e. The van der Waals surface area contributed by atoms with Crippen molar-refractivity contribution < 1.29 is 14.3 Å². The summed E-state index contributed by atoms with van der Waals surface area (Å²) in [6, 6.07) is 15.9. The van der Waals surface area contributed by atoms with E-state index in [2.05, 4.69) is 17.1 Å². The summed E-state index contributed by atoms with van der Waals surface area (Å²) in [7, 11) is 1.67. The fourth-order valence-corrected chi connectivity index (χ4v) is 2.49. The lowest BCUT2D eigenvalue weighted by Crippen LogP contribution is -1.94. The van der Waals surface area contributed by atoms with Crippen molar-refractivity contribution in [1.82, 2.24) is 4.98 Å². The van der Waals surface area contributed by atoms with Crippen LogP contribution in [0.4, 0.5) is 5.69 Å². The van der Waals surface area contributed by atoms with E-state index in [1.165, 1.54) is 0 Å². The van der Waals surface area contributed by atoms with Crippen LogP contribution in [0, 0.1) is 6.92 Å². The van der Waals surface area contributed by atoms with E-state index in [0.717, 1.165) is 39.2 Å². The van der Waals surface area contributed by atoms with E-state index in [9.17, 15) is 0 Å². The molecule has 1 aromatic heterocycles. The second-order valence-electron chi connectivity index (χ2n) is 4.87. The molecule has 0 spiro atoms. The third kappa shape index (κ3) is 3.54. The number of pyridine rings is 1. The third-order valence-electron chi connectivity index (χ3n) is 3.37. The van der Waals surface area contributed by atoms with Crippen LogP contribution >= 0.6 is 0 Å². The number of rotatable bonds is 2. The van der Waals surface area contributed by atoms with Crippen LogP contribution in [0.15, 0.2) is 48.5 Å². The van der Waals surface area contributed by atoms with Crippen molar-refractivity contribution in [2.75, 3.05) is 12.8 Å². The number of nitrogen functional groups attached to an aromatic ring is 1. The fraction of sp³-hybridized carbons (Fsp3) is 0.111. The van der Waals surface area contributed by atoms with Gasteiger partial charge >= 0.3 is 6.15 Å². The van der Waals surface area contributed by atoms with Gasteiger partial charge in [-0.1, -0.05) is 24.3 Å². The van der Waals surface area contributed by atoms with Crippen molar-refractivity contribution in [1.29, 1.82) is 0 Å². The maximum atomic E-state index is 8.12. The number of methoxy groups -OCH3 is 1. The molecule has 0 amide bonds.